The number of rotatable bonds is 6. The number of carbonyl (C=O) groups excluding carboxylic acids is 1. The molecule has 2 aromatic heterocycles. The van der Waals surface area contributed by atoms with Gasteiger partial charge in [-0.1, -0.05) is 54.9 Å². The standard InChI is InChI=1S/C21H19Cl2N5O2S/c1-12(2)10-27-19(30)16-7-6-14(23)9-17(16)28-20(27)25-26-21(28)31-11-18(29)24-15-5-3-4-13(22)8-15/h3-9,12H,10-11H2,1-2H3,(H,24,29). The molecule has 0 spiro atoms. The number of hydrogen-bond acceptors (Lipinski definition) is 5. The van der Waals surface area contributed by atoms with Crippen LogP contribution in [0.1, 0.15) is 13.8 Å². The minimum absolute atomic E-state index is 0.110. The van der Waals surface area contributed by atoms with E-state index >= 15 is 0 Å². The quantitative estimate of drug-likeness (QED) is 0.407. The predicted molar refractivity (Wildman–Crippen MR) is 125 cm³/mol. The van der Waals surface area contributed by atoms with Crippen LogP contribution in [-0.4, -0.2) is 30.8 Å². The number of thioether (sulfide) groups is 1. The summed E-state index contributed by atoms with van der Waals surface area (Å²) in [7, 11) is 0. The average molecular weight is 476 g/mol. The molecule has 7 nitrogen and oxygen atoms in total. The van der Waals surface area contributed by atoms with Gasteiger partial charge < -0.3 is 5.32 Å². The molecule has 0 aliphatic rings. The summed E-state index contributed by atoms with van der Waals surface area (Å²) in [4.78, 5) is 25.5. The molecule has 4 rings (SSSR count). The van der Waals surface area contributed by atoms with Crippen molar-refractivity contribution in [1.82, 2.24) is 19.2 Å². The maximum Gasteiger partial charge on any atom is 0.262 e. The van der Waals surface area contributed by atoms with Crippen LogP contribution in [0.5, 0.6) is 0 Å². The minimum Gasteiger partial charge on any atom is -0.325 e. The van der Waals surface area contributed by atoms with E-state index in [-0.39, 0.29) is 23.1 Å². The zero-order chi connectivity index (χ0) is 22.1. The summed E-state index contributed by atoms with van der Waals surface area (Å²) >= 11 is 13.4. The van der Waals surface area contributed by atoms with E-state index in [9.17, 15) is 9.59 Å². The highest BCUT2D eigenvalue weighted by molar-refractivity contribution is 7.99. The second-order valence-electron chi connectivity index (χ2n) is 7.44. The molecule has 0 bridgehead atoms. The van der Waals surface area contributed by atoms with Gasteiger partial charge in [-0.05, 0) is 42.3 Å². The van der Waals surface area contributed by atoms with E-state index in [1.165, 1.54) is 11.8 Å². The molecule has 1 N–H and O–H groups in total. The van der Waals surface area contributed by atoms with Gasteiger partial charge in [0.25, 0.3) is 5.56 Å². The van der Waals surface area contributed by atoms with Gasteiger partial charge in [0.05, 0.1) is 16.7 Å². The monoisotopic (exact) mass is 475 g/mol. The molecule has 0 aliphatic carbocycles. The first-order valence-electron chi connectivity index (χ1n) is 9.59. The zero-order valence-corrected chi connectivity index (χ0v) is 19.1. The largest absolute Gasteiger partial charge is 0.325 e. The summed E-state index contributed by atoms with van der Waals surface area (Å²) in [6.45, 7) is 4.56. The van der Waals surface area contributed by atoms with Crippen molar-refractivity contribution in [2.45, 2.75) is 25.5 Å². The molecule has 1 amide bonds. The average Bonchev–Trinajstić information content (AvgIpc) is 3.13. The normalized spacial score (nSPS) is 11.5. The maximum atomic E-state index is 13.1. The molecule has 10 heteroatoms. The van der Waals surface area contributed by atoms with Crippen LogP contribution in [0.3, 0.4) is 0 Å². The Bertz CT molecular complexity index is 1350. The van der Waals surface area contributed by atoms with Gasteiger partial charge in [0, 0.05) is 22.3 Å². The highest BCUT2D eigenvalue weighted by Crippen LogP contribution is 2.24. The van der Waals surface area contributed by atoms with Gasteiger partial charge in [-0.3, -0.25) is 18.6 Å². The Hall–Kier alpha value is -2.55. The van der Waals surface area contributed by atoms with Crippen LogP contribution in [-0.2, 0) is 11.3 Å². The van der Waals surface area contributed by atoms with E-state index in [1.807, 2.05) is 13.8 Å². The molecular weight excluding hydrogens is 457 g/mol. The van der Waals surface area contributed by atoms with Gasteiger partial charge in [-0.25, -0.2) is 0 Å². The summed E-state index contributed by atoms with van der Waals surface area (Å²) in [5, 5.41) is 13.4. The second kappa shape index (κ2) is 8.90. The molecule has 31 heavy (non-hydrogen) atoms. The third-order valence-corrected chi connectivity index (χ3v) is 5.92. The van der Waals surface area contributed by atoms with Gasteiger partial charge in [0.2, 0.25) is 11.7 Å². The number of hydrogen-bond donors (Lipinski definition) is 1. The number of benzene rings is 2. The lowest BCUT2D eigenvalue weighted by Crippen LogP contribution is -2.25. The SMILES string of the molecule is CC(C)Cn1c(=O)c2ccc(Cl)cc2n2c(SCC(=O)Nc3cccc(Cl)c3)nnc12. The van der Waals surface area contributed by atoms with E-state index < -0.39 is 0 Å². The molecule has 0 unspecified atom stereocenters. The number of aromatic nitrogens is 4. The van der Waals surface area contributed by atoms with Gasteiger partial charge in [-0.15, -0.1) is 10.2 Å². The van der Waals surface area contributed by atoms with Gasteiger partial charge in [-0.2, -0.15) is 0 Å². The fraction of sp³-hybridized carbons (Fsp3) is 0.238. The van der Waals surface area contributed by atoms with Crippen LogP contribution < -0.4 is 10.9 Å². The Kier molecular flexibility index (Phi) is 6.22. The lowest BCUT2D eigenvalue weighted by atomic mass is 10.2. The molecule has 0 aliphatic heterocycles. The van der Waals surface area contributed by atoms with E-state index in [2.05, 4.69) is 15.5 Å². The first kappa shape index (κ1) is 21.7. The molecule has 0 saturated heterocycles. The minimum atomic E-state index is -0.207. The summed E-state index contributed by atoms with van der Waals surface area (Å²) in [5.74, 6) is 0.564. The number of amides is 1. The number of nitrogens with zero attached hydrogens (tertiary/aromatic N) is 4. The molecule has 2 heterocycles. The predicted octanol–water partition coefficient (Wildman–Crippen LogP) is 4.74. The molecule has 0 fully saturated rings. The van der Waals surface area contributed by atoms with Crippen LogP contribution in [0.4, 0.5) is 5.69 Å². The van der Waals surface area contributed by atoms with Crippen molar-refractivity contribution < 1.29 is 4.79 Å². The summed E-state index contributed by atoms with van der Waals surface area (Å²) < 4.78 is 3.40. The van der Waals surface area contributed by atoms with Crippen molar-refractivity contribution >= 4 is 63.2 Å². The maximum absolute atomic E-state index is 13.1. The highest BCUT2D eigenvalue weighted by Gasteiger charge is 2.18. The van der Waals surface area contributed by atoms with Crippen molar-refractivity contribution in [1.29, 1.82) is 0 Å². The van der Waals surface area contributed by atoms with Crippen LogP contribution in [0.15, 0.2) is 52.4 Å². The van der Waals surface area contributed by atoms with Crippen molar-refractivity contribution in [3.8, 4) is 0 Å². The topological polar surface area (TPSA) is 81.3 Å². The molecule has 0 saturated carbocycles. The summed E-state index contributed by atoms with van der Waals surface area (Å²) in [6, 6.07) is 12.0. The second-order valence-corrected chi connectivity index (χ2v) is 9.25. The van der Waals surface area contributed by atoms with Crippen LogP contribution >= 0.6 is 35.0 Å². The zero-order valence-electron chi connectivity index (χ0n) is 16.8. The third kappa shape index (κ3) is 4.56. The van der Waals surface area contributed by atoms with Crippen molar-refractivity contribution in [3.05, 3.63) is 62.9 Å². The van der Waals surface area contributed by atoms with Gasteiger partial charge >= 0.3 is 0 Å². The Labute approximate surface area is 192 Å². The Morgan fingerprint density at radius 2 is 1.90 bits per heavy atom. The fourth-order valence-electron chi connectivity index (χ4n) is 3.27. The van der Waals surface area contributed by atoms with E-state index in [1.54, 1.807) is 51.4 Å². The third-order valence-electron chi connectivity index (χ3n) is 4.52. The lowest BCUT2D eigenvalue weighted by molar-refractivity contribution is -0.113. The highest BCUT2D eigenvalue weighted by atomic mass is 35.5. The van der Waals surface area contributed by atoms with Crippen molar-refractivity contribution in [3.63, 3.8) is 0 Å². The summed E-state index contributed by atoms with van der Waals surface area (Å²) in [6.07, 6.45) is 0. The first-order chi connectivity index (χ1) is 14.8. The molecule has 4 aromatic rings. The number of fused-ring (bicyclic) bond motifs is 3. The lowest BCUT2D eigenvalue weighted by Gasteiger charge is -2.13. The molecule has 0 radical (unpaired) electrons. The van der Waals surface area contributed by atoms with Crippen molar-refractivity contribution in [2.75, 3.05) is 11.1 Å². The van der Waals surface area contributed by atoms with Crippen LogP contribution in [0, 0.1) is 5.92 Å². The van der Waals surface area contributed by atoms with Gasteiger partial charge in [0.15, 0.2) is 5.16 Å². The molecule has 0 atom stereocenters. The Morgan fingerprint density at radius 3 is 2.65 bits per heavy atom. The number of halogens is 2. The Balaban J connectivity index is 1.71. The van der Waals surface area contributed by atoms with Gasteiger partial charge in [0.1, 0.15) is 0 Å². The number of anilines is 1. The Morgan fingerprint density at radius 1 is 1.13 bits per heavy atom. The molecule has 160 valence electrons. The number of carbonyl (C=O) groups is 1. The van der Waals surface area contributed by atoms with E-state index in [0.29, 0.717) is 44.1 Å². The number of nitrogens with one attached hydrogen (secondary N) is 1. The fourth-order valence-corrected chi connectivity index (χ4v) is 4.37. The van der Waals surface area contributed by atoms with Crippen LogP contribution in [0.25, 0.3) is 16.7 Å². The van der Waals surface area contributed by atoms with E-state index in [4.69, 9.17) is 23.2 Å². The molecular formula is C21H19Cl2N5O2S. The first-order valence-corrected chi connectivity index (χ1v) is 11.3. The summed E-state index contributed by atoms with van der Waals surface area (Å²) in [5.41, 5.74) is 1.08. The van der Waals surface area contributed by atoms with Crippen LogP contribution in [0.2, 0.25) is 10.0 Å². The van der Waals surface area contributed by atoms with Crippen molar-refractivity contribution in [2.24, 2.45) is 5.92 Å². The molecule has 2 aromatic carbocycles. The van der Waals surface area contributed by atoms with E-state index in [0.717, 1.165) is 0 Å². The smallest absolute Gasteiger partial charge is 0.262 e.